The molecule has 0 saturated heterocycles. The van der Waals surface area contributed by atoms with Crippen LogP contribution in [0.4, 0.5) is 0 Å². The van der Waals surface area contributed by atoms with Crippen LogP contribution in [0.15, 0.2) is 0 Å². The Hall–Kier alpha value is -0.530. The lowest BCUT2D eigenvalue weighted by Crippen LogP contribution is -2.20. The molecule has 0 heterocycles. The number of hydrogen-bond acceptors (Lipinski definition) is 1. The molecule has 0 fully saturated rings. The van der Waals surface area contributed by atoms with E-state index in [2.05, 4.69) is 27.7 Å². The van der Waals surface area contributed by atoms with Crippen LogP contribution in [0.1, 0.15) is 169 Å². The van der Waals surface area contributed by atoms with E-state index < -0.39 is 5.97 Å². The lowest BCUT2D eigenvalue weighted by Gasteiger charge is -2.23. The van der Waals surface area contributed by atoms with Gasteiger partial charge in [0.25, 0.3) is 0 Å². The zero-order valence-corrected chi connectivity index (χ0v) is 22.6. The zero-order valence-electron chi connectivity index (χ0n) is 22.6. The number of carbonyl (C=O) groups is 1. The molecule has 0 aromatic carbocycles. The highest BCUT2D eigenvalue weighted by Crippen LogP contribution is 2.29. The second kappa shape index (κ2) is 23.6. The van der Waals surface area contributed by atoms with Gasteiger partial charge < -0.3 is 5.11 Å². The Morgan fingerprint density at radius 1 is 0.562 bits per heavy atom. The standard InChI is InChI=1S/C30H60O2/c1-5-8-10-11-12-13-14-15-16-17-18-19-20-21-23-27(4)25-29(30(31)32)26-28(22-7-3)24-9-6-2/h27-29H,5-26H2,1-4H3,(H,31,32). The van der Waals surface area contributed by atoms with Gasteiger partial charge in [0.2, 0.25) is 0 Å². The molecular formula is C30H60O2. The van der Waals surface area contributed by atoms with Crippen LogP contribution in [-0.4, -0.2) is 11.1 Å². The SMILES string of the molecule is CCCCCCCCCCCCCCCCC(C)CC(CC(CCC)CCCC)C(=O)O. The summed E-state index contributed by atoms with van der Waals surface area (Å²) in [5.74, 6) is 0.455. The smallest absolute Gasteiger partial charge is 0.306 e. The van der Waals surface area contributed by atoms with Gasteiger partial charge in [-0.05, 0) is 24.7 Å². The average molecular weight is 453 g/mol. The van der Waals surface area contributed by atoms with Crippen LogP contribution < -0.4 is 0 Å². The van der Waals surface area contributed by atoms with Crippen LogP contribution in [0.25, 0.3) is 0 Å². The Labute approximate surface area is 202 Å². The number of carboxylic acids is 1. The van der Waals surface area contributed by atoms with E-state index in [1.165, 1.54) is 128 Å². The van der Waals surface area contributed by atoms with Crippen LogP contribution in [0.5, 0.6) is 0 Å². The Balaban J connectivity index is 3.76. The van der Waals surface area contributed by atoms with Crippen molar-refractivity contribution in [2.45, 2.75) is 169 Å². The first-order valence-electron chi connectivity index (χ1n) is 14.8. The maximum atomic E-state index is 11.9. The van der Waals surface area contributed by atoms with Gasteiger partial charge in [0.1, 0.15) is 0 Å². The summed E-state index contributed by atoms with van der Waals surface area (Å²) >= 11 is 0. The minimum absolute atomic E-state index is 0.134. The van der Waals surface area contributed by atoms with Crippen molar-refractivity contribution >= 4 is 5.97 Å². The van der Waals surface area contributed by atoms with Crippen molar-refractivity contribution in [3.63, 3.8) is 0 Å². The fraction of sp³-hybridized carbons (Fsp3) is 0.967. The van der Waals surface area contributed by atoms with Crippen LogP contribution in [0, 0.1) is 17.8 Å². The predicted octanol–water partition coefficient (Wildman–Crippen LogP) is 10.6. The first-order valence-corrected chi connectivity index (χ1v) is 14.8. The van der Waals surface area contributed by atoms with E-state index in [1.807, 2.05) is 0 Å². The highest BCUT2D eigenvalue weighted by Gasteiger charge is 2.24. The fourth-order valence-electron chi connectivity index (χ4n) is 5.27. The molecule has 0 aliphatic rings. The largest absolute Gasteiger partial charge is 0.481 e. The van der Waals surface area contributed by atoms with Gasteiger partial charge in [-0.1, -0.05) is 156 Å². The summed E-state index contributed by atoms with van der Waals surface area (Å²) in [5.41, 5.74) is 0. The second-order valence-corrected chi connectivity index (χ2v) is 10.8. The van der Waals surface area contributed by atoms with Gasteiger partial charge >= 0.3 is 5.97 Å². The van der Waals surface area contributed by atoms with Gasteiger partial charge in [-0.25, -0.2) is 0 Å². The van der Waals surface area contributed by atoms with Gasteiger partial charge in [0, 0.05) is 0 Å². The van der Waals surface area contributed by atoms with Gasteiger partial charge in [-0.3, -0.25) is 4.79 Å². The molecule has 1 N–H and O–H groups in total. The molecule has 0 aliphatic carbocycles. The van der Waals surface area contributed by atoms with Crippen molar-refractivity contribution in [2.24, 2.45) is 17.8 Å². The number of aliphatic carboxylic acids is 1. The molecule has 32 heavy (non-hydrogen) atoms. The summed E-state index contributed by atoms with van der Waals surface area (Å²) in [6.07, 6.45) is 28.6. The van der Waals surface area contributed by atoms with E-state index in [0.717, 1.165) is 12.8 Å². The van der Waals surface area contributed by atoms with Crippen LogP contribution >= 0.6 is 0 Å². The summed E-state index contributed by atoms with van der Waals surface area (Å²) in [7, 11) is 0. The van der Waals surface area contributed by atoms with Crippen LogP contribution in [-0.2, 0) is 4.79 Å². The first kappa shape index (κ1) is 31.5. The molecule has 0 bridgehead atoms. The van der Waals surface area contributed by atoms with E-state index in [0.29, 0.717) is 11.8 Å². The maximum absolute atomic E-state index is 11.9. The van der Waals surface area contributed by atoms with Crippen molar-refractivity contribution in [1.82, 2.24) is 0 Å². The minimum Gasteiger partial charge on any atom is -0.481 e. The van der Waals surface area contributed by atoms with Crippen LogP contribution in [0.2, 0.25) is 0 Å². The molecule has 3 unspecified atom stereocenters. The summed E-state index contributed by atoms with van der Waals surface area (Å²) in [6, 6.07) is 0. The van der Waals surface area contributed by atoms with E-state index >= 15 is 0 Å². The highest BCUT2D eigenvalue weighted by atomic mass is 16.4. The number of carboxylic acid groups (broad SMARTS) is 1. The number of unbranched alkanes of at least 4 members (excludes halogenated alkanes) is 14. The normalized spacial score (nSPS) is 14.4. The molecule has 0 spiro atoms. The minimum atomic E-state index is -0.560. The second-order valence-electron chi connectivity index (χ2n) is 10.8. The third kappa shape index (κ3) is 20.1. The lowest BCUT2D eigenvalue weighted by atomic mass is 9.82. The molecule has 2 heteroatoms. The van der Waals surface area contributed by atoms with E-state index in [1.54, 1.807) is 0 Å². The third-order valence-electron chi connectivity index (χ3n) is 7.37. The van der Waals surface area contributed by atoms with Gasteiger partial charge in [0.15, 0.2) is 0 Å². The van der Waals surface area contributed by atoms with E-state index in [4.69, 9.17) is 0 Å². The summed E-state index contributed by atoms with van der Waals surface area (Å²) < 4.78 is 0. The molecule has 0 amide bonds. The molecule has 3 atom stereocenters. The van der Waals surface area contributed by atoms with Crippen molar-refractivity contribution in [1.29, 1.82) is 0 Å². The monoisotopic (exact) mass is 452 g/mol. The number of hydrogen-bond donors (Lipinski definition) is 1. The Morgan fingerprint density at radius 2 is 1.03 bits per heavy atom. The van der Waals surface area contributed by atoms with Gasteiger partial charge in [-0.15, -0.1) is 0 Å². The molecule has 2 nitrogen and oxygen atoms in total. The Morgan fingerprint density at radius 3 is 1.47 bits per heavy atom. The topological polar surface area (TPSA) is 37.3 Å². The molecule has 0 radical (unpaired) electrons. The predicted molar refractivity (Wildman–Crippen MR) is 142 cm³/mol. The molecule has 192 valence electrons. The van der Waals surface area contributed by atoms with Crippen LogP contribution in [0.3, 0.4) is 0 Å². The summed E-state index contributed by atoms with van der Waals surface area (Å²) in [4.78, 5) is 11.9. The summed E-state index contributed by atoms with van der Waals surface area (Å²) in [6.45, 7) is 9.02. The molecule has 0 aromatic heterocycles. The quantitative estimate of drug-likeness (QED) is 0.140. The van der Waals surface area contributed by atoms with Crippen molar-refractivity contribution in [3.05, 3.63) is 0 Å². The molecule has 0 aromatic rings. The molecule has 0 aliphatic heterocycles. The van der Waals surface area contributed by atoms with Gasteiger partial charge in [-0.2, -0.15) is 0 Å². The molecule has 0 rings (SSSR count). The number of rotatable bonds is 25. The van der Waals surface area contributed by atoms with Crippen molar-refractivity contribution in [3.8, 4) is 0 Å². The zero-order chi connectivity index (χ0) is 23.9. The summed E-state index contributed by atoms with van der Waals surface area (Å²) in [5, 5.41) is 9.76. The van der Waals surface area contributed by atoms with Crippen molar-refractivity contribution in [2.75, 3.05) is 0 Å². The van der Waals surface area contributed by atoms with Crippen molar-refractivity contribution < 1.29 is 9.90 Å². The Bertz CT molecular complexity index is 392. The fourth-order valence-corrected chi connectivity index (χ4v) is 5.27. The van der Waals surface area contributed by atoms with Gasteiger partial charge in [0.05, 0.1) is 5.92 Å². The lowest BCUT2D eigenvalue weighted by molar-refractivity contribution is -0.143. The average Bonchev–Trinajstić information content (AvgIpc) is 2.77. The third-order valence-corrected chi connectivity index (χ3v) is 7.37. The molecule has 0 saturated carbocycles. The molecular weight excluding hydrogens is 392 g/mol. The van der Waals surface area contributed by atoms with E-state index in [-0.39, 0.29) is 5.92 Å². The van der Waals surface area contributed by atoms with E-state index in [9.17, 15) is 9.90 Å². The maximum Gasteiger partial charge on any atom is 0.306 e. The first-order chi connectivity index (χ1) is 15.5. The highest BCUT2D eigenvalue weighted by molar-refractivity contribution is 5.69. The Kier molecular flexibility index (Phi) is 23.2.